The molecule has 45 heavy (non-hydrogen) atoms. The van der Waals surface area contributed by atoms with E-state index in [1.54, 1.807) is 86.0 Å². The molecule has 0 bridgehead atoms. The number of halogens is 2. The van der Waals surface area contributed by atoms with Crippen molar-refractivity contribution in [2.24, 2.45) is 0 Å². The van der Waals surface area contributed by atoms with Crippen LogP contribution in [0.2, 0.25) is 0 Å². The van der Waals surface area contributed by atoms with Crippen LogP contribution < -0.4 is 16.0 Å². The highest BCUT2D eigenvalue weighted by atomic mass is 19.3. The summed E-state index contributed by atoms with van der Waals surface area (Å²) >= 11 is 0. The number of anilines is 1. The number of likely N-dealkylation sites (tertiary alicyclic amines) is 1. The number of hydrogen-bond donors (Lipinski definition) is 4. The van der Waals surface area contributed by atoms with Crippen molar-refractivity contribution < 1.29 is 28.3 Å². The van der Waals surface area contributed by atoms with E-state index >= 15 is 0 Å². The van der Waals surface area contributed by atoms with E-state index in [0.29, 0.717) is 11.1 Å². The third-order valence-corrected chi connectivity index (χ3v) is 7.68. The smallest absolute Gasteiger partial charge is 0.267 e. The molecule has 0 aliphatic carbocycles. The Morgan fingerprint density at radius 3 is 2.44 bits per heavy atom. The van der Waals surface area contributed by atoms with Gasteiger partial charge in [0.1, 0.15) is 6.04 Å². The number of benzene rings is 3. The van der Waals surface area contributed by atoms with Crippen LogP contribution in [0.4, 0.5) is 14.5 Å². The number of nitrogens with one attached hydrogen (secondary N) is 3. The summed E-state index contributed by atoms with van der Waals surface area (Å²) in [7, 11) is 1.77. The van der Waals surface area contributed by atoms with Crippen molar-refractivity contribution in [3.8, 4) is 0 Å². The molecule has 2 heterocycles. The maximum atomic E-state index is 14.6. The number of hydrogen-bond acceptors (Lipinski definition) is 6. The number of nitrogens with zero attached hydrogens (tertiary/aromatic N) is 2. The van der Waals surface area contributed by atoms with Crippen LogP contribution in [0.15, 0.2) is 91.1 Å². The highest BCUT2D eigenvalue weighted by Gasteiger charge is 2.51. The van der Waals surface area contributed by atoms with E-state index in [2.05, 4.69) is 20.9 Å². The Morgan fingerprint density at radius 1 is 1.00 bits per heavy atom. The molecule has 4 N–H and O–H groups in total. The first-order valence-electron chi connectivity index (χ1n) is 14.2. The molecule has 5 rings (SSSR count). The van der Waals surface area contributed by atoms with Crippen molar-refractivity contribution in [3.63, 3.8) is 0 Å². The highest BCUT2D eigenvalue weighted by molar-refractivity contribution is 5.98. The lowest BCUT2D eigenvalue weighted by atomic mass is 9.99. The number of carbonyl (C=O) groups is 3. The number of aliphatic hydroxyl groups is 1. The van der Waals surface area contributed by atoms with E-state index in [9.17, 15) is 28.3 Å². The Morgan fingerprint density at radius 2 is 1.73 bits per heavy atom. The van der Waals surface area contributed by atoms with Gasteiger partial charge in [0.25, 0.3) is 17.7 Å². The fourth-order valence-electron chi connectivity index (χ4n) is 5.30. The number of amides is 3. The first kappa shape index (κ1) is 33.0. The van der Waals surface area contributed by atoms with E-state index in [4.69, 9.17) is 0 Å². The molecule has 0 saturated carbocycles. The van der Waals surface area contributed by atoms with Gasteiger partial charge in [-0.3, -0.25) is 19.4 Å². The third kappa shape index (κ3) is 7.98. The average molecular weight is 618 g/mol. The molecule has 236 valence electrons. The monoisotopic (exact) mass is 617 g/mol. The zero-order valence-corrected chi connectivity index (χ0v) is 24.0. The fraction of sp³-hybridized carbons (Fsp3) is 0.294. The quantitative estimate of drug-likeness (QED) is 0.212. The van der Waals surface area contributed by atoms with Crippen LogP contribution in [0.3, 0.4) is 0 Å². The van der Waals surface area contributed by atoms with E-state index < -0.39 is 54.8 Å². The molecule has 1 saturated heterocycles. The van der Waals surface area contributed by atoms with Crippen LogP contribution in [-0.2, 0) is 22.6 Å². The minimum Gasteiger partial charge on any atom is -0.388 e. The maximum Gasteiger partial charge on any atom is 0.267 e. The molecule has 3 atom stereocenters. The molecule has 1 aliphatic rings. The van der Waals surface area contributed by atoms with Crippen molar-refractivity contribution >= 4 is 34.3 Å². The van der Waals surface area contributed by atoms with Crippen LogP contribution >= 0.6 is 0 Å². The molecular weight excluding hydrogens is 580 g/mol. The van der Waals surface area contributed by atoms with Gasteiger partial charge in [-0.05, 0) is 53.9 Å². The lowest BCUT2D eigenvalue weighted by Gasteiger charge is -2.30. The van der Waals surface area contributed by atoms with Gasteiger partial charge in [-0.15, -0.1) is 0 Å². The molecule has 1 aliphatic heterocycles. The van der Waals surface area contributed by atoms with Gasteiger partial charge >= 0.3 is 0 Å². The van der Waals surface area contributed by atoms with E-state index in [-0.39, 0.29) is 26.0 Å². The largest absolute Gasteiger partial charge is 0.388 e. The SMILES string of the molecule is C.CNc1ccc(CNC(=O)[C@@H]2CC(F)(F)CN2C(=O)[C@@H](O)[C@H](Cc2ccccc2)NC(=O)c2ccc3ncccc3c2)cc1. The summed E-state index contributed by atoms with van der Waals surface area (Å²) in [6.07, 6.45) is -1.11. The maximum absolute atomic E-state index is 14.6. The standard InChI is InChI=1S/C33H33F2N5O4.CH4/c1-36-25-12-9-22(10-13-25)19-38-31(43)28-18-33(34,35)20-40(28)32(44)29(41)27(16-21-6-3-2-4-7-21)39-30(42)24-11-14-26-23(17-24)8-5-15-37-26;/h2-15,17,27-29,36,41H,16,18-20H2,1H3,(H,38,43)(H,39,42);1H4/t27-,28-,29-;/m0./s1. The second-order valence-electron chi connectivity index (χ2n) is 10.8. The summed E-state index contributed by atoms with van der Waals surface area (Å²) in [5.41, 5.74) is 3.29. The van der Waals surface area contributed by atoms with Crippen LogP contribution in [0.25, 0.3) is 10.9 Å². The van der Waals surface area contributed by atoms with Gasteiger partial charge in [-0.2, -0.15) is 0 Å². The van der Waals surface area contributed by atoms with E-state index in [0.717, 1.165) is 21.5 Å². The van der Waals surface area contributed by atoms with Crippen molar-refractivity contribution in [3.05, 3.63) is 108 Å². The van der Waals surface area contributed by atoms with Crippen LogP contribution in [0, 0.1) is 0 Å². The van der Waals surface area contributed by atoms with Crippen LogP contribution in [0.1, 0.15) is 35.3 Å². The second-order valence-corrected chi connectivity index (χ2v) is 10.8. The Hall–Kier alpha value is -4.90. The number of aliphatic hydroxyl groups excluding tert-OH is 1. The highest BCUT2D eigenvalue weighted by Crippen LogP contribution is 2.33. The number of aromatic nitrogens is 1. The number of carbonyl (C=O) groups excluding carboxylic acids is 3. The van der Waals surface area contributed by atoms with Crippen LogP contribution in [0.5, 0.6) is 0 Å². The van der Waals surface area contributed by atoms with Gasteiger partial charge < -0.3 is 26.0 Å². The molecule has 1 fully saturated rings. The predicted octanol–water partition coefficient (Wildman–Crippen LogP) is 4.17. The minimum absolute atomic E-state index is 0. The molecule has 3 aromatic carbocycles. The third-order valence-electron chi connectivity index (χ3n) is 7.68. The molecular formula is C34H37F2N5O4. The summed E-state index contributed by atoms with van der Waals surface area (Å²) in [5.74, 6) is -5.71. The molecule has 11 heteroatoms. The minimum atomic E-state index is -3.33. The summed E-state index contributed by atoms with van der Waals surface area (Å²) in [6, 6.07) is 21.8. The lowest BCUT2D eigenvalue weighted by molar-refractivity contribution is -0.147. The van der Waals surface area contributed by atoms with Crippen molar-refractivity contribution in [1.29, 1.82) is 0 Å². The summed E-state index contributed by atoms with van der Waals surface area (Å²) in [4.78, 5) is 45.0. The Bertz CT molecular complexity index is 1630. The lowest BCUT2D eigenvalue weighted by Crippen LogP contribution is -2.55. The van der Waals surface area contributed by atoms with Crippen LogP contribution in [-0.4, -0.2) is 70.4 Å². The van der Waals surface area contributed by atoms with Gasteiger partial charge in [-0.1, -0.05) is 56.0 Å². The van der Waals surface area contributed by atoms with E-state index in [1.165, 1.54) is 0 Å². The Balaban J connectivity index is 0.00000461. The summed E-state index contributed by atoms with van der Waals surface area (Å²) in [5, 5.41) is 20.4. The Labute approximate surface area is 260 Å². The molecule has 4 aromatic rings. The number of fused-ring (bicyclic) bond motifs is 1. The zero-order valence-electron chi connectivity index (χ0n) is 24.0. The first-order chi connectivity index (χ1) is 21.1. The molecule has 1 aromatic heterocycles. The van der Waals surface area contributed by atoms with Crippen molar-refractivity contribution in [2.75, 3.05) is 18.9 Å². The number of rotatable bonds is 10. The topological polar surface area (TPSA) is 124 Å². The first-order valence-corrected chi connectivity index (χ1v) is 14.2. The average Bonchev–Trinajstić information content (AvgIpc) is 3.38. The molecule has 9 nitrogen and oxygen atoms in total. The summed E-state index contributed by atoms with van der Waals surface area (Å²) < 4.78 is 29.3. The number of alkyl halides is 2. The van der Waals surface area contributed by atoms with Crippen molar-refractivity contribution in [1.82, 2.24) is 20.5 Å². The molecule has 0 unspecified atom stereocenters. The molecule has 0 radical (unpaired) electrons. The predicted molar refractivity (Wildman–Crippen MR) is 169 cm³/mol. The Kier molecular flexibility index (Phi) is 10.5. The second kappa shape index (κ2) is 14.3. The molecule has 3 amide bonds. The van der Waals surface area contributed by atoms with Gasteiger partial charge in [0.2, 0.25) is 5.91 Å². The zero-order chi connectivity index (χ0) is 31.3. The van der Waals surface area contributed by atoms with Gasteiger partial charge in [-0.25, -0.2) is 8.78 Å². The number of pyridine rings is 1. The van der Waals surface area contributed by atoms with Crippen molar-refractivity contribution in [2.45, 2.75) is 50.9 Å². The normalized spacial score (nSPS) is 16.7. The summed E-state index contributed by atoms with van der Waals surface area (Å²) in [6.45, 7) is -0.953. The molecule has 0 spiro atoms. The van der Waals surface area contributed by atoms with Gasteiger partial charge in [0.15, 0.2) is 6.10 Å². The fourth-order valence-corrected chi connectivity index (χ4v) is 5.30. The van der Waals surface area contributed by atoms with E-state index in [1.807, 2.05) is 12.1 Å². The van der Waals surface area contributed by atoms with Gasteiger partial charge in [0.05, 0.1) is 18.1 Å². The van der Waals surface area contributed by atoms with Gasteiger partial charge in [0, 0.05) is 42.8 Å².